The smallest absolute Gasteiger partial charge is 0.408 e. The van der Waals surface area contributed by atoms with E-state index in [-0.39, 0.29) is 18.1 Å². The molecule has 228 valence electrons. The summed E-state index contributed by atoms with van der Waals surface area (Å²) in [5, 5.41) is 16.5. The number of fused-ring (bicyclic) bond motifs is 1. The Morgan fingerprint density at radius 1 is 0.907 bits per heavy atom. The van der Waals surface area contributed by atoms with Crippen molar-refractivity contribution in [1.29, 1.82) is 0 Å². The fourth-order valence-corrected chi connectivity index (χ4v) is 6.08. The molecule has 0 saturated carbocycles. The Morgan fingerprint density at radius 3 is 2.14 bits per heavy atom. The molecule has 3 unspecified atom stereocenters. The van der Waals surface area contributed by atoms with E-state index < -0.39 is 51.4 Å². The molecule has 0 fully saturated rings. The van der Waals surface area contributed by atoms with Crippen LogP contribution in [0, 0.1) is 0 Å². The van der Waals surface area contributed by atoms with Gasteiger partial charge in [0.2, 0.25) is 11.8 Å². The normalized spacial score (nSPS) is 14.0. The number of carbonyl (C=O) groups is 2. The molecule has 3 atom stereocenters. The van der Waals surface area contributed by atoms with Crippen LogP contribution in [-0.4, -0.2) is 53.9 Å². The van der Waals surface area contributed by atoms with Crippen LogP contribution in [-0.2, 0) is 31.5 Å². The number of aliphatic hydroxyl groups is 1. The zero-order valence-corrected chi connectivity index (χ0v) is 25.2. The van der Waals surface area contributed by atoms with Crippen LogP contribution in [0.25, 0.3) is 11.1 Å². The lowest BCUT2D eigenvalue weighted by Crippen LogP contribution is -2.54. The molecule has 0 radical (unpaired) electrons. The number of benzene rings is 3. The van der Waals surface area contributed by atoms with Crippen molar-refractivity contribution < 1.29 is 32.3 Å². The number of carbonyl (C=O) groups excluding carboxylic acids is 2. The number of nitrogens with zero attached hydrogens (tertiary/aromatic N) is 1. The number of rotatable bonds is 12. The number of para-hydroxylation sites is 2. The summed E-state index contributed by atoms with van der Waals surface area (Å²) >= 11 is 0. The minimum absolute atomic E-state index is 0.00733. The Balaban J connectivity index is 1.58. The van der Waals surface area contributed by atoms with Crippen LogP contribution >= 0.6 is 0 Å². The minimum Gasteiger partial charge on any atom is -0.444 e. The Labute approximate surface area is 251 Å². The molecule has 10 nitrogen and oxygen atoms in total. The topological polar surface area (TPSA) is 148 Å². The first-order valence-corrected chi connectivity index (χ1v) is 15.8. The van der Waals surface area contributed by atoms with Crippen LogP contribution < -0.4 is 10.6 Å². The summed E-state index contributed by atoms with van der Waals surface area (Å²) in [4.78, 5) is 30.8. The summed E-state index contributed by atoms with van der Waals surface area (Å²) in [7, 11) is -3.87. The number of sulfone groups is 1. The summed E-state index contributed by atoms with van der Waals surface area (Å²) in [5.41, 5.74) is 1.66. The first kappa shape index (κ1) is 31.7. The van der Waals surface area contributed by atoms with Crippen LogP contribution in [0.3, 0.4) is 0 Å². The summed E-state index contributed by atoms with van der Waals surface area (Å²) < 4.78 is 37.5. The number of aryl methyl sites for hydroxylation is 1. The van der Waals surface area contributed by atoms with Crippen molar-refractivity contribution in [2.45, 2.75) is 63.2 Å². The van der Waals surface area contributed by atoms with Crippen LogP contribution in [0.5, 0.6) is 0 Å². The molecular weight excluding hydrogens is 570 g/mol. The molecule has 11 heteroatoms. The van der Waals surface area contributed by atoms with Crippen molar-refractivity contribution in [2.75, 3.05) is 5.75 Å². The van der Waals surface area contributed by atoms with Crippen molar-refractivity contribution in [3.8, 4) is 0 Å². The molecule has 0 aliphatic heterocycles. The lowest BCUT2D eigenvalue weighted by Gasteiger charge is -2.27. The Bertz CT molecular complexity index is 1580. The number of alkyl carbamates (subject to hydrolysis) is 1. The highest BCUT2D eigenvalue weighted by Gasteiger charge is 2.33. The number of hydrogen-bond acceptors (Lipinski definition) is 8. The van der Waals surface area contributed by atoms with E-state index in [0.29, 0.717) is 23.1 Å². The number of aromatic nitrogens is 1. The van der Waals surface area contributed by atoms with Gasteiger partial charge in [0.25, 0.3) is 0 Å². The molecule has 3 N–H and O–H groups in total. The molecular formula is C32H37N3O7S. The highest BCUT2D eigenvalue weighted by Crippen LogP contribution is 2.24. The molecule has 43 heavy (non-hydrogen) atoms. The van der Waals surface area contributed by atoms with Crippen molar-refractivity contribution in [2.24, 2.45) is 0 Å². The third-order valence-corrected chi connectivity index (χ3v) is 8.13. The average molecular weight is 608 g/mol. The molecule has 3 aromatic carbocycles. The lowest BCUT2D eigenvalue weighted by atomic mass is 10.0. The van der Waals surface area contributed by atoms with Crippen molar-refractivity contribution in [1.82, 2.24) is 15.6 Å². The van der Waals surface area contributed by atoms with Gasteiger partial charge in [-0.1, -0.05) is 72.8 Å². The average Bonchev–Trinajstić information content (AvgIpc) is 3.38. The van der Waals surface area contributed by atoms with Gasteiger partial charge in [0, 0.05) is 0 Å². The number of oxazole rings is 1. The van der Waals surface area contributed by atoms with Gasteiger partial charge in [-0.25, -0.2) is 18.2 Å². The maximum atomic E-state index is 13.7. The van der Waals surface area contributed by atoms with Gasteiger partial charge >= 0.3 is 6.09 Å². The molecule has 2 amide bonds. The molecule has 0 aliphatic carbocycles. The summed E-state index contributed by atoms with van der Waals surface area (Å²) in [5.74, 6) is -1.79. The van der Waals surface area contributed by atoms with Gasteiger partial charge in [-0.3, -0.25) is 4.79 Å². The van der Waals surface area contributed by atoms with Gasteiger partial charge in [-0.05, 0) is 56.9 Å². The Hall–Kier alpha value is -4.22. The van der Waals surface area contributed by atoms with Gasteiger partial charge in [-0.2, -0.15) is 0 Å². The number of aliphatic hydroxyl groups excluding tert-OH is 1. The van der Waals surface area contributed by atoms with E-state index in [0.717, 1.165) is 5.56 Å². The second-order valence-electron chi connectivity index (χ2n) is 11.3. The number of amides is 2. The molecule has 4 aromatic rings. The predicted octanol–water partition coefficient (Wildman–Crippen LogP) is 4.49. The quantitative estimate of drug-likeness (QED) is 0.213. The van der Waals surface area contributed by atoms with Crippen LogP contribution in [0.2, 0.25) is 0 Å². The maximum absolute atomic E-state index is 13.7. The fourth-order valence-electron chi connectivity index (χ4n) is 4.52. The lowest BCUT2D eigenvalue weighted by molar-refractivity contribution is -0.124. The van der Waals surface area contributed by atoms with E-state index in [4.69, 9.17) is 9.15 Å². The summed E-state index contributed by atoms with van der Waals surface area (Å²) in [6, 6.07) is 22.7. The van der Waals surface area contributed by atoms with Crippen LogP contribution in [0.15, 0.2) is 89.3 Å². The van der Waals surface area contributed by atoms with Crippen LogP contribution in [0.1, 0.15) is 50.3 Å². The predicted molar refractivity (Wildman–Crippen MR) is 163 cm³/mol. The monoisotopic (exact) mass is 607 g/mol. The molecule has 0 spiro atoms. The van der Waals surface area contributed by atoms with Gasteiger partial charge < -0.3 is 24.9 Å². The number of hydrogen-bond donors (Lipinski definition) is 3. The number of nitrogens with one attached hydrogen (secondary N) is 2. The standard InChI is InChI=1S/C32H37N3O7S/c1-32(2,3)42-31(38)35-26(21-43(39,40)20-23-14-8-5-9-15-23)29(37)33-25(19-18-22-12-6-4-7-13-22)28(36)30-34-24-16-10-11-17-27(24)41-30/h4-17,25-26,28,36H,18-21H2,1-3H3,(H,33,37)(H,35,38). The van der Waals surface area contributed by atoms with Crippen molar-refractivity contribution in [3.63, 3.8) is 0 Å². The first-order valence-electron chi connectivity index (χ1n) is 14.0. The minimum atomic E-state index is -3.87. The van der Waals surface area contributed by atoms with Crippen molar-refractivity contribution >= 4 is 32.9 Å². The SMILES string of the molecule is CC(C)(C)OC(=O)NC(CS(=O)(=O)Cc1ccccc1)C(=O)NC(CCc1ccccc1)C(O)c1nc2ccccc2o1. The Morgan fingerprint density at radius 2 is 1.51 bits per heavy atom. The van der Waals surface area contributed by atoms with E-state index in [1.54, 1.807) is 75.4 Å². The highest BCUT2D eigenvalue weighted by atomic mass is 32.2. The third kappa shape index (κ3) is 9.65. The second-order valence-corrected chi connectivity index (χ2v) is 13.5. The third-order valence-electron chi connectivity index (χ3n) is 6.52. The molecule has 4 rings (SSSR count). The Kier molecular flexibility index (Phi) is 10.2. The molecule has 0 aliphatic rings. The van der Waals surface area contributed by atoms with E-state index in [2.05, 4.69) is 15.6 Å². The zero-order chi connectivity index (χ0) is 31.0. The van der Waals surface area contributed by atoms with E-state index in [1.807, 2.05) is 30.3 Å². The van der Waals surface area contributed by atoms with E-state index in [9.17, 15) is 23.1 Å². The summed E-state index contributed by atoms with van der Waals surface area (Å²) in [6.07, 6.45) is -1.54. The van der Waals surface area contributed by atoms with Gasteiger partial charge in [0.15, 0.2) is 21.5 Å². The maximum Gasteiger partial charge on any atom is 0.408 e. The van der Waals surface area contributed by atoms with E-state index >= 15 is 0 Å². The zero-order valence-electron chi connectivity index (χ0n) is 24.4. The summed E-state index contributed by atoms with van der Waals surface area (Å²) in [6.45, 7) is 4.97. The van der Waals surface area contributed by atoms with Gasteiger partial charge in [0.05, 0.1) is 17.5 Å². The fraction of sp³-hybridized carbons (Fsp3) is 0.344. The molecule has 1 aromatic heterocycles. The van der Waals surface area contributed by atoms with E-state index in [1.165, 1.54) is 0 Å². The number of ether oxygens (including phenoxy) is 1. The van der Waals surface area contributed by atoms with Gasteiger partial charge in [-0.15, -0.1) is 0 Å². The second kappa shape index (κ2) is 13.8. The molecule has 0 saturated heterocycles. The largest absolute Gasteiger partial charge is 0.444 e. The van der Waals surface area contributed by atoms with Crippen molar-refractivity contribution in [3.05, 3.63) is 102 Å². The molecule has 0 bridgehead atoms. The van der Waals surface area contributed by atoms with Crippen LogP contribution in [0.4, 0.5) is 4.79 Å². The first-order chi connectivity index (χ1) is 20.4. The van der Waals surface area contributed by atoms with Gasteiger partial charge in [0.1, 0.15) is 17.2 Å². The molecule has 1 heterocycles. The highest BCUT2D eigenvalue weighted by molar-refractivity contribution is 7.90.